The molecule has 74 valence electrons. The first-order chi connectivity index (χ1) is 5.97. The molecule has 0 N–H and O–H groups in total. The number of allylic oxidation sites excluding steroid dienone is 5. The van der Waals surface area contributed by atoms with Crippen LogP contribution in [0.2, 0.25) is 0 Å². The Bertz CT molecular complexity index is 228. The molecule has 1 heteroatoms. The monoisotopic (exact) mass is 196 g/mol. The molecule has 0 heterocycles. The molecule has 0 saturated heterocycles. The molecular formula is C12H21P. The third-order valence-corrected chi connectivity index (χ3v) is 2.57. The SMILES string of the molecule is C=C(/C=C(\C=C(C)C)C(C)C)PC. The first kappa shape index (κ1) is 12.7. The third-order valence-electron chi connectivity index (χ3n) is 1.78. The highest BCUT2D eigenvalue weighted by atomic mass is 31.1. The van der Waals surface area contributed by atoms with E-state index in [9.17, 15) is 0 Å². The Hall–Kier alpha value is -0.350. The van der Waals surface area contributed by atoms with Gasteiger partial charge in [-0.2, -0.15) is 0 Å². The Morgan fingerprint density at radius 2 is 1.77 bits per heavy atom. The van der Waals surface area contributed by atoms with Gasteiger partial charge in [0.25, 0.3) is 0 Å². The molecule has 0 rings (SSSR count). The van der Waals surface area contributed by atoms with E-state index in [0.717, 1.165) is 8.58 Å². The lowest BCUT2D eigenvalue weighted by Crippen LogP contribution is -1.91. The molecule has 0 aromatic heterocycles. The molecule has 0 bridgehead atoms. The average molecular weight is 196 g/mol. The van der Waals surface area contributed by atoms with Crippen LogP contribution in [0.5, 0.6) is 0 Å². The Balaban J connectivity index is 4.71. The van der Waals surface area contributed by atoms with Crippen molar-refractivity contribution in [3.63, 3.8) is 0 Å². The van der Waals surface area contributed by atoms with Crippen molar-refractivity contribution in [2.45, 2.75) is 27.7 Å². The Kier molecular flexibility index (Phi) is 5.99. The van der Waals surface area contributed by atoms with Gasteiger partial charge in [-0.15, -0.1) is 0 Å². The summed E-state index contributed by atoms with van der Waals surface area (Å²) in [4.78, 5) is 0. The van der Waals surface area contributed by atoms with Gasteiger partial charge in [0.2, 0.25) is 0 Å². The molecule has 0 nitrogen and oxygen atoms in total. The maximum atomic E-state index is 4.01. The summed E-state index contributed by atoms with van der Waals surface area (Å²) < 4.78 is 0. The maximum Gasteiger partial charge on any atom is -0.0219 e. The highest BCUT2D eigenvalue weighted by Gasteiger charge is 1.99. The van der Waals surface area contributed by atoms with Gasteiger partial charge in [-0.1, -0.05) is 46.7 Å². The van der Waals surface area contributed by atoms with Gasteiger partial charge in [-0.05, 0) is 37.3 Å². The molecule has 0 aromatic carbocycles. The van der Waals surface area contributed by atoms with Crippen LogP contribution in [-0.2, 0) is 0 Å². The largest absolute Gasteiger partial charge is 0.0942 e. The van der Waals surface area contributed by atoms with Crippen molar-refractivity contribution in [2.24, 2.45) is 5.92 Å². The van der Waals surface area contributed by atoms with Crippen molar-refractivity contribution >= 4 is 8.58 Å². The predicted octanol–water partition coefficient (Wildman–Crippen LogP) is 4.36. The first-order valence-corrected chi connectivity index (χ1v) is 6.20. The molecule has 13 heavy (non-hydrogen) atoms. The van der Waals surface area contributed by atoms with Crippen LogP contribution in [0.15, 0.2) is 35.2 Å². The van der Waals surface area contributed by atoms with Crippen LogP contribution in [0, 0.1) is 5.92 Å². The lowest BCUT2D eigenvalue weighted by molar-refractivity contribution is 0.789. The summed E-state index contributed by atoms with van der Waals surface area (Å²) in [7, 11) is 0.814. The summed E-state index contributed by atoms with van der Waals surface area (Å²) in [5.41, 5.74) is 2.74. The van der Waals surface area contributed by atoms with Crippen LogP contribution < -0.4 is 0 Å². The van der Waals surface area contributed by atoms with E-state index in [1.54, 1.807) is 0 Å². The predicted molar refractivity (Wildman–Crippen MR) is 65.7 cm³/mol. The zero-order valence-electron chi connectivity index (χ0n) is 9.44. The Labute approximate surface area is 84.6 Å². The smallest absolute Gasteiger partial charge is 0.0219 e. The van der Waals surface area contributed by atoms with Gasteiger partial charge in [0.1, 0.15) is 0 Å². The van der Waals surface area contributed by atoms with E-state index in [-0.39, 0.29) is 0 Å². The number of hydrogen-bond donors (Lipinski definition) is 0. The standard InChI is InChI=1S/C12H21P/c1-9(2)7-12(10(3)4)8-11(5)13-6/h7-8,10,13H,5H2,1-4,6H3/b12-8+. The molecule has 0 fully saturated rings. The Morgan fingerprint density at radius 3 is 2.08 bits per heavy atom. The normalized spacial score (nSPS) is 12.6. The topological polar surface area (TPSA) is 0 Å². The van der Waals surface area contributed by atoms with Crippen molar-refractivity contribution in [1.82, 2.24) is 0 Å². The fraction of sp³-hybridized carbons (Fsp3) is 0.500. The van der Waals surface area contributed by atoms with Crippen LogP contribution in [0.4, 0.5) is 0 Å². The van der Waals surface area contributed by atoms with E-state index in [0.29, 0.717) is 5.92 Å². The highest BCUT2D eigenvalue weighted by molar-refractivity contribution is 7.42. The van der Waals surface area contributed by atoms with E-state index in [1.807, 2.05) is 0 Å². The summed E-state index contributed by atoms with van der Waals surface area (Å²) >= 11 is 0. The molecule has 0 aromatic rings. The van der Waals surface area contributed by atoms with Crippen molar-refractivity contribution < 1.29 is 0 Å². The van der Waals surface area contributed by atoms with Gasteiger partial charge in [-0.3, -0.25) is 0 Å². The highest BCUT2D eigenvalue weighted by Crippen LogP contribution is 2.23. The van der Waals surface area contributed by atoms with E-state index in [1.165, 1.54) is 16.5 Å². The minimum absolute atomic E-state index is 0.586. The number of hydrogen-bond acceptors (Lipinski definition) is 0. The third kappa shape index (κ3) is 5.82. The van der Waals surface area contributed by atoms with Crippen molar-refractivity contribution in [2.75, 3.05) is 6.66 Å². The van der Waals surface area contributed by atoms with Crippen LogP contribution in [0.1, 0.15) is 27.7 Å². The van der Waals surface area contributed by atoms with E-state index in [2.05, 4.69) is 53.1 Å². The minimum Gasteiger partial charge on any atom is -0.0942 e. The second kappa shape index (κ2) is 6.16. The van der Waals surface area contributed by atoms with E-state index in [4.69, 9.17) is 0 Å². The van der Waals surface area contributed by atoms with Gasteiger partial charge in [0.15, 0.2) is 0 Å². The Morgan fingerprint density at radius 1 is 1.23 bits per heavy atom. The zero-order valence-corrected chi connectivity index (χ0v) is 10.4. The molecule has 0 aliphatic carbocycles. The van der Waals surface area contributed by atoms with Crippen LogP contribution in [0.25, 0.3) is 0 Å². The lowest BCUT2D eigenvalue weighted by atomic mass is 10.0. The van der Waals surface area contributed by atoms with Gasteiger partial charge < -0.3 is 0 Å². The molecule has 0 aliphatic heterocycles. The number of rotatable bonds is 4. The van der Waals surface area contributed by atoms with Gasteiger partial charge >= 0.3 is 0 Å². The molecule has 1 atom stereocenters. The summed E-state index contributed by atoms with van der Waals surface area (Å²) in [6, 6.07) is 0. The van der Waals surface area contributed by atoms with E-state index >= 15 is 0 Å². The summed E-state index contributed by atoms with van der Waals surface area (Å²) in [6.07, 6.45) is 4.46. The molecule has 0 amide bonds. The fourth-order valence-corrected chi connectivity index (χ4v) is 1.29. The molecule has 1 unspecified atom stereocenters. The molecule has 0 radical (unpaired) electrons. The zero-order chi connectivity index (χ0) is 10.4. The molecular weight excluding hydrogens is 175 g/mol. The van der Waals surface area contributed by atoms with Crippen molar-refractivity contribution in [1.29, 1.82) is 0 Å². The summed E-state index contributed by atoms with van der Waals surface area (Å²) in [5, 5.41) is 1.24. The van der Waals surface area contributed by atoms with Gasteiger partial charge in [-0.25, -0.2) is 0 Å². The molecule has 0 spiro atoms. The van der Waals surface area contributed by atoms with Crippen molar-refractivity contribution in [3.8, 4) is 0 Å². The van der Waals surface area contributed by atoms with Gasteiger partial charge in [0.05, 0.1) is 0 Å². The average Bonchev–Trinajstić information content (AvgIpc) is 2.02. The fourth-order valence-electron chi connectivity index (χ4n) is 0.982. The van der Waals surface area contributed by atoms with Crippen LogP contribution in [-0.4, -0.2) is 6.66 Å². The quantitative estimate of drug-likeness (QED) is 0.463. The van der Waals surface area contributed by atoms with Crippen LogP contribution in [0.3, 0.4) is 0 Å². The maximum absolute atomic E-state index is 4.01. The second-order valence-corrected chi connectivity index (χ2v) is 4.94. The molecule has 0 saturated carbocycles. The van der Waals surface area contributed by atoms with Crippen molar-refractivity contribution in [3.05, 3.63) is 35.2 Å². The molecule has 0 aliphatic rings. The second-order valence-electron chi connectivity index (χ2n) is 3.80. The van der Waals surface area contributed by atoms with Gasteiger partial charge in [0, 0.05) is 0 Å². The minimum atomic E-state index is 0.586. The summed E-state index contributed by atoms with van der Waals surface area (Å²) in [6.45, 7) is 14.9. The van der Waals surface area contributed by atoms with E-state index < -0.39 is 0 Å². The first-order valence-electron chi connectivity index (χ1n) is 4.70. The summed E-state index contributed by atoms with van der Waals surface area (Å²) in [5.74, 6) is 0.586. The van der Waals surface area contributed by atoms with Crippen LogP contribution >= 0.6 is 8.58 Å². The lowest BCUT2D eigenvalue weighted by Gasteiger charge is -2.08.